The van der Waals surface area contributed by atoms with E-state index < -0.39 is 0 Å². The maximum Gasteiger partial charge on any atom is 0.101 e. The smallest absolute Gasteiger partial charge is 0.101 e. The van der Waals surface area contributed by atoms with E-state index in [9.17, 15) is 0 Å². The van der Waals surface area contributed by atoms with E-state index in [0.29, 0.717) is 16.3 Å². The third-order valence-electron chi connectivity index (χ3n) is 1.25. The Morgan fingerprint density at radius 2 is 2.17 bits per heavy atom. The molecule has 12 heavy (non-hydrogen) atoms. The molecule has 5 heteroatoms. The van der Waals surface area contributed by atoms with Gasteiger partial charge >= 0.3 is 0 Å². The second-order valence-electron chi connectivity index (χ2n) is 1.95. The van der Waals surface area contributed by atoms with Crippen LogP contribution in [-0.2, 0) is 0 Å². The van der Waals surface area contributed by atoms with Crippen LogP contribution in [-0.4, -0.2) is 23.9 Å². The first-order valence-electron chi connectivity index (χ1n) is 2.94. The average molecular weight is 286 g/mol. The second kappa shape index (κ2) is 5.25. The predicted octanol–water partition coefficient (Wildman–Crippen LogP) is 1.12. The summed E-state index contributed by atoms with van der Waals surface area (Å²) in [6.07, 6.45) is 0. The zero-order valence-corrected chi connectivity index (χ0v) is 9.74. The molecule has 1 aromatic rings. The summed E-state index contributed by atoms with van der Waals surface area (Å²) in [5, 5.41) is 8.97. The first-order chi connectivity index (χ1) is 5.27. The normalized spacial score (nSPS) is 8.08. The molecule has 0 saturated carbocycles. The van der Waals surface area contributed by atoms with Gasteiger partial charge in [0.2, 0.25) is 0 Å². The van der Waals surface area contributed by atoms with Crippen LogP contribution < -0.4 is 11.3 Å². The van der Waals surface area contributed by atoms with Crippen LogP contribution in [0.25, 0.3) is 0 Å². The fraction of sp³-hybridized carbons (Fsp3) is 0. The number of benzene rings is 1. The van der Waals surface area contributed by atoms with Crippen molar-refractivity contribution in [2.45, 2.75) is 0 Å². The van der Waals surface area contributed by atoms with Crippen LogP contribution >= 0.6 is 11.6 Å². The molecule has 3 nitrogen and oxygen atoms in total. The van der Waals surface area contributed by atoms with Crippen molar-refractivity contribution in [3.05, 3.63) is 28.8 Å². The molecule has 0 saturated heterocycles. The van der Waals surface area contributed by atoms with Crippen molar-refractivity contribution in [3.63, 3.8) is 0 Å². The number of halogens is 1. The van der Waals surface area contributed by atoms with Gasteiger partial charge in [-0.25, -0.2) is 0 Å². The van der Waals surface area contributed by atoms with Crippen molar-refractivity contribution in [1.82, 2.24) is 0 Å². The van der Waals surface area contributed by atoms with Gasteiger partial charge in [0, 0.05) is 29.6 Å². The number of nitrogens with one attached hydrogen (secondary N) is 1. The van der Waals surface area contributed by atoms with Crippen LogP contribution in [0.2, 0.25) is 5.02 Å². The standard InChI is InChI=1S/C7H6ClN3.Sn/c8-7-2-1-6(11-10)3-5(7)4-9;/h1-3,11H,10H2;. The van der Waals surface area contributed by atoms with Gasteiger partial charge in [-0.3, -0.25) is 5.84 Å². The monoisotopic (exact) mass is 287 g/mol. The number of hydrogen-bond donors (Lipinski definition) is 2. The molecule has 0 aliphatic rings. The maximum absolute atomic E-state index is 8.54. The third kappa shape index (κ3) is 2.55. The molecule has 0 unspecified atom stereocenters. The third-order valence-corrected chi connectivity index (χ3v) is 1.58. The Morgan fingerprint density at radius 1 is 1.50 bits per heavy atom. The molecular formula is C7H6ClN3Sn. The SMILES string of the molecule is N#Cc1cc(NN)ccc1Cl.[Sn]. The number of nitrogen functional groups attached to an aromatic ring is 1. The molecule has 0 amide bonds. The number of nitrogens with two attached hydrogens (primary N) is 1. The summed E-state index contributed by atoms with van der Waals surface area (Å²) >= 11 is 5.66. The summed E-state index contributed by atoms with van der Waals surface area (Å²) in [5.41, 5.74) is 3.51. The number of hydrazine groups is 1. The van der Waals surface area contributed by atoms with Gasteiger partial charge in [-0.15, -0.1) is 0 Å². The summed E-state index contributed by atoms with van der Waals surface area (Å²) in [5.74, 6) is 5.12. The Bertz CT molecular complexity index is 308. The summed E-state index contributed by atoms with van der Waals surface area (Å²) in [6, 6.07) is 6.85. The van der Waals surface area contributed by atoms with Gasteiger partial charge in [-0.1, -0.05) is 11.6 Å². The van der Waals surface area contributed by atoms with Crippen LogP contribution in [0.4, 0.5) is 5.69 Å². The van der Waals surface area contributed by atoms with E-state index in [4.69, 9.17) is 22.7 Å². The quantitative estimate of drug-likeness (QED) is 0.462. The van der Waals surface area contributed by atoms with E-state index in [1.807, 2.05) is 6.07 Å². The van der Waals surface area contributed by atoms with E-state index in [-0.39, 0.29) is 23.9 Å². The summed E-state index contributed by atoms with van der Waals surface area (Å²) in [6.45, 7) is 0. The molecule has 0 spiro atoms. The Kier molecular flexibility index (Phi) is 5.05. The molecule has 60 valence electrons. The molecule has 4 radical (unpaired) electrons. The second-order valence-corrected chi connectivity index (χ2v) is 2.36. The van der Waals surface area contributed by atoms with Crippen molar-refractivity contribution in [2.75, 3.05) is 5.43 Å². The van der Waals surface area contributed by atoms with Gasteiger partial charge in [0.1, 0.15) is 6.07 Å². The van der Waals surface area contributed by atoms with Gasteiger partial charge < -0.3 is 5.43 Å². The van der Waals surface area contributed by atoms with Gasteiger partial charge in [0.25, 0.3) is 0 Å². The van der Waals surface area contributed by atoms with Gasteiger partial charge in [-0.2, -0.15) is 5.26 Å². The minimum Gasteiger partial charge on any atom is -0.324 e. The molecule has 3 N–H and O–H groups in total. The van der Waals surface area contributed by atoms with Crippen LogP contribution in [0, 0.1) is 11.3 Å². The van der Waals surface area contributed by atoms with E-state index in [1.54, 1.807) is 18.2 Å². The number of rotatable bonds is 1. The van der Waals surface area contributed by atoms with Crippen molar-refractivity contribution in [1.29, 1.82) is 5.26 Å². The van der Waals surface area contributed by atoms with E-state index in [2.05, 4.69) is 5.43 Å². The number of anilines is 1. The van der Waals surface area contributed by atoms with Crippen molar-refractivity contribution < 1.29 is 0 Å². The van der Waals surface area contributed by atoms with Gasteiger partial charge in [0.15, 0.2) is 0 Å². The maximum atomic E-state index is 8.54. The zero-order chi connectivity index (χ0) is 8.27. The van der Waals surface area contributed by atoms with Crippen molar-refractivity contribution in [2.24, 2.45) is 5.84 Å². The van der Waals surface area contributed by atoms with E-state index >= 15 is 0 Å². The first-order valence-corrected chi connectivity index (χ1v) is 3.32. The Balaban J connectivity index is 0.00000121. The van der Waals surface area contributed by atoms with Crippen LogP contribution in [0.3, 0.4) is 0 Å². The van der Waals surface area contributed by atoms with Crippen molar-refractivity contribution >= 4 is 41.2 Å². The molecule has 0 fully saturated rings. The molecule has 0 bridgehead atoms. The summed E-state index contributed by atoms with van der Waals surface area (Å²) in [4.78, 5) is 0. The topological polar surface area (TPSA) is 61.8 Å². The van der Waals surface area contributed by atoms with Gasteiger partial charge in [-0.05, 0) is 18.2 Å². The molecule has 0 atom stereocenters. The van der Waals surface area contributed by atoms with Crippen LogP contribution in [0.1, 0.15) is 5.56 Å². The molecule has 0 aliphatic heterocycles. The molecule has 0 aliphatic carbocycles. The Labute approximate surface area is 92.4 Å². The van der Waals surface area contributed by atoms with E-state index in [0.717, 1.165) is 0 Å². The summed E-state index contributed by atoms with van der Waals surface area (Å²) < 4.78 is 0. The van der Waals surface area contributed by atoms with Crippen molar-refractivity contribution in [3.8, 4) is 6.07 Å². The minimum absolute atomic E-state index is 0. The Morgan fingerprint density at radius 3 is 2.67 bits per heavy atom. The predicted molar refractivity (Wildman–Crippen MR) is 49.7 cm³/mol. The van der Waals surface area contributed by atoms with Crippen LogP contribution in [0.15, 0.2) is 18.2 Å². The fourth-order valence-corrected chi connectivity index (χ4v) is 0.861. The summed E-state index contributed by atoms with van der Waals surface area (Å²) in [7, 11) is 0. The number of nitriles is 1. The number of nitrogens with zero attached hydrogens (tertiary/aromatic N) is 1. The minimum atomic E-state index is 0. The average Bonchev–Trinajstić information content (AvgIpc) is 2.05. The molecule has 0 heterocycles. The van der Waals surface area contributed by atoms with E-state index in [1.165, 1.54) is 0 Å². The Hall–Kier alpha value is -0.441. The fourth-order valence-electron chi connectivity index (χ4n) is 0.701. The molecule has 0 aromatic heterocycles. The van der Waals surface area contributed by atoms with Crippen LogP contribution in [0.5, 0.6) is 0 Å². The zero-order valence-electron chi connectivity index (χ0n) is 6.13. The molecular weight excluding hydrogens is 280 g/mol. The van der Waals surface area contributed by atoms with Gasteiger partial charge in [0.05, 0.1) is 10.6 Å². The molecule has 1 aromatic carbocycles. The largest absolute Gasteiger partial charge is 0.324 e. The first kappa shape index (κ1) is 11.6. The number of hydrogen-bond acceptors (Lipinski definition) is 3. The molecule has 1 rings (SSSR count).